The second-order valence-electron chi connectivity index (χ2n) is 9.15. The molecule has 5 rings (SSSR count). The second-order valence-corrected chi connectivity index (χ2v) is 9.15. The molecule has 1 aliphatic heterocycles. The third kappa shape index (κ3) is 4.49. The van der Waals surface area contributed by atoms with Crippen LogP contribution in [-0.4, -0.2) is 35.6 Å². The van der Waals surface area contributed by atoms with Crippen LogP contribution in [0.5, 0.6) is 0 Å². The Hall–Kier alpha value is -2.92. The number of aromatic nitrogens is 1. The summed E-state index contributed by atoms with van der Waals surface area (Å²) in [5.74, 6) is 0.465. The quantitative estimate of drug-likeness (QED) is 0.593. The van der Waals surface area contributed by atoms with Gasteiger partial charge < -0.3 is 9.84 Å². The van der Waals surface area contributed by atoms with Crippen LogP contribution in [0.15, 0.2) is 53.1 Å². The van der Waals surface area contributed by atoms with Crippen molar-refractivity contribution < 1.29 is 9.32 Å². The van der Waals surface area contributed by atoms with Gasteiger partial charge in [0.05, 0.1) is 6.04 Å². The number of carbonyl (C=O) groups is 1. The molecule has 0 bridgehead atoms. The van der Waals surface area contributed by atoms with Crippen molar-refractivity contribution in [2.75, 3.05) is 19.6 Å². The summed E-state index contributed by atoms with van der Waals surface area (Å²) >= 11 is 0. The van der Waals surface area contributed by atoms with Gasteiger partial charge >= 0.3 is 0 Å². The summed E-state index contributed by atoms with van der Waals surface area (Å²) in [6.45, 7) is 4.80. The van der Waals surface area contributed by atoms with E-state index in [-0.39, 0.29) is 11.9 Å². The van der Waals surface area contributed by atoms with Gasteiger partial charge in [-0.2, -0.15) is 0 Å². The number of rotatable bonds is 6. The standard InChI is InChI=1S/C27H31N3O2/c1-19-8-10-21(11-9-19)25(30-14-4-5-15-30)18-28-27(31)24-17-26(32-29-24)23-13-12-20-6-2-3-7-22(20)16-23/h8-13,16-17,25H,2-7,14-15,18H2,1H3,(H,28,31). The van der Waals surface area contributed by atoms with E-state index in [0.29, 0.717) is 18.0 Å². The van der Waals surface area contributed by atoms with Crippen LogP contribution in [-0.2, 0) is 12.8 Å². The summed E-state index contributed by atoms with van der Waals surface area (Å²) in [5, 5.41) is 7.16. The highest BCUT2D eigenvalue weighted by molar-refractivity contribution is 5.93. The minimum atomic E-state index is -0.186. The van der Waals surface area contributed by atoms with Crippen LogP contribution >= 0.6 is 0 Å². The molecular formula is C27H31N3O2. The van der Waals surface area contributed by atoms with E-state index in [2.05, 4.69) is 64.8 Å². The molecule has 1 unspecified atom stereocenters. The van der Waals surface area contributed by atoms with Crippen molar-refractivity contribution >= 4 is 5.91 Å². The minimum absolute atomic E-state index is 0.175. The van der Waals surface area contributed by atoms with Crippen molar-refractivity contribution in [1.82, 2.24) is 15.4 Å². The average Bonchev–Trinajstić information content (AvgIpc) is 3.53. The first-order chi connectivity index (χ1) is 15.7. The van der Waals surface area contributed by atoms with E-state index in [1.54, 1.807) is 6.07 Å². The number of carbonyl (C=O) groups excluding carboxylic acids is 1. The Balaban J connectivity index is 1.28. The number of hydrogen-bond donors (Lipinski definition) is 1. The van der Waals surface area contributed by atoms with Gasteiger partial charge in [0, 0.05) is 18.2 Å². The smallest absolute Gasteiger partial charge is 0.273 e. The molecule has 1 aliphatic carbocycles. The lowest BCUT2D eigenvalue weighted by atomic mass is 9.90. The van der Waals surface area contributed by atoms with Crippen LogP contribution in [0.1, 0.15) is 64.5 Å². The molecule has 1 amide bonds. The van der Waals surface area contributed by atoms with Crippen LogP contribution in [0.4, 0.5) is 0 Å². The topological polar surface area (TPSA) is 58.4 Å². The maximum Gasteiger partial charge on any atom is 0.273 e. The summed E-state index contributed by atoms with van der Waals surface area (Å²) in [6.07, 6.45) is 7.19. The van der Waals surface area contributed by atoms with E-state index >= 15 is 0 Å². The zero-order valence-electron chi connectivity index (χ0n) is 18.8. The minimum Gasteiger partial charge on any atom is -0.355 e. The van der Waals surface area contributed by atoms with Crippen molar-refractivity contribution in [2.45, 2.75) is 51.5 Å². The fourth-order valence-corrected chi connectivity index (χ4v) is 4.98. The molecule has 5 nitrogen and oxygen atoms in total. The molecule has 2 aromatic carbocycles. The molecule has 0 spiro atoms. The first-order valence-corrected chi connectivity index (χ1v) is 11.8. The predicted molar refractivity (Wildman–Crippen MR) is 126 cm³/mol. The molecule has 1 N–H and O–H groups in total. The highest BCUT2D eigenvalue weighted by Crippen LogP contribution is 2.28. The molecule has 166 valence electrons. The third-order valence-corrected chi connectivity index (χ3v) is 6.88. The summed E-state index contributed by atoms with van der Waals surface area (Å²) < 4.78 is 5.55. The number of fused-ring (bicyclic) bond motifs is 1. The molecule has 0 radical (unpaired) electrons. The Kier molecular flexibility index (Phi) is 6.08. The van der Waals surface area contributed by atoms with Crippen molar-refractivity contribution in [3.8, 4) is 11.3 Å². The van der Waals surface area contributed by atoms with Crippen molar-refractivity contribution in [3.63, 3.8) is 0 Å². The molecule has 2 heterocycles. The first kappa shape index (κ1) is 21.0. The van der Waals surface area contributed by atoms with E-state index in [0.717, 1.165) is 31.5 Å². The van der Waals surface area contributed by atoms with Gasteiger partial charge in [0.25, 0.3) is 5.91 Å². The maximum atomic E-state index is 12.9. The Morgan fingerprint density at radius 3 is 2.53 bits per heavy atom. The molecular weight excluding hydrogens is 398 g/mol. The van der Waals surface area contributed by atoms with Gasteiger partial charge in [0.2, 0.25) is 0 Å². The zero-order valence-corrected chi connectivity index (χ0v) is 18.8. The normalized spacial score (nSPS) is 17.2. The number of nitrogens with zero attached hydrogens (tertiary/aromatic N) is 2. The Morgan fingerprint density at radius 2 is 1.75 bits per heavy atom. The molecule has 1 fully saturated rings. The van der Waals surface area contributed by atoms with E-state index < -0.39 is 0 Å². The highest BCUT2D eigenvalue weighted by Gasteiger charge is 2.25. The Bertz CT molecular complexity index is 1080. The Morgan fingerprint density at radius 1 is 1.00 bits per heavy atom. The van der Waals surface area contributed by atoms with Crippen molar-refractivity contribution in [2.24, 2.45) is 0 Å². The number of benzene rings is 2. The monoisotopic (exact) mass is 429 g/mol. The molecule has 1 aromatic heterocycles. The van der Waals surface area contributed by atoms with E-state index in [1.807, 2.05) is 0 Å². The summed E-state index contributed by atoms with van der Waals surface area (Å²) in [6, 6.07) is 17.0. The number of nitrogens with one attached hydrogen (secondary N) is 1. The molecule has 1 atom stereocenters. The van der Waals surface area contributed by atoms with E-state index in [1.165, 1.54) is 47.9 Å². The maximum absolute atomic E-state index is 12.9. The predicted octanol–water partition coefficient (Wildman–Crippen LogP) is 5.10. The number of likely N-dealkylation sites (tertiary alicyclic amines) is 1. The third-order valence-electron chi connectivity index (χ3n) is 6.88. The van der Waals surface area contributed by atoms with Gasteiger partial charge in [-0.1, -0.05) is 47.1 Å². The van der Waals surface area contributed by atoms with E-state index in [9.17, 15) is 4.79 Å². The largest absolute Gasteiger partial charge is 0.355 e. The first-order valence-electron chi connectivity index (χ1n) is 11.8. The summed E-state index contributed by atoms with van der Waals surface area (Å²) in [5.41, 5.74) is 6.64. The van der Waals surface area contributed by atoms with Gasteiger partial charge in [-0.05, 0) is 81.3 Å². The lowest BCUT2D eigenvalue weighted by molar-refractivity contribution is 0.0929. The second kappa shape index (κ2) is 9.29. The lowest BCUT2D eigenvalue weighted by Crippen LogP contribution is -2.36. The van der Waals surface area contributed by atoms with Crippen LogP contribution in [0, 0.1) is 6.92 Å². The van der Waals surface area contributed by atoms with Crippen LogP contribution in [0.25, 0.3) is 11.3 Å². The fourth-order valence-electron chi connectivity index (χ4n) is 4.98. The van der Waals surface area contributed by atoms with Crippen LogP contribution < -0.4 is 5.32 Å². The fraction of sp³-hybridized carbons (Fsp3) is 0.407. The molecule has 32 heavy (non-hydrogen) atoms. The van der Waals surface area contributed by atoms with Crippen molar-refractivity contribution in [1.29, 1.82) is 0 Å². The average molecular weight is 430 g/mol. The number of aryl methyl sites for hydroxylation is 3. The molecule has 0 saturated carbocycles. The van der Waals surface area contributed by atoms with Gasteiger partial charge in [-0.25, -0.2) is 0 Å². The molecule has 3 aromatic rings. The molecule has 1 saturated heterocycles. The molecule has 2 aliphatic rings. The summed E-state index contributed by atoms with van der Waals surface area (Å²) in [4.78, 5) is 15.3. The summed E-state index contributed by atoms with van der Waals surface area (Å²) in [7, 11) is 0. The van der Waals surface area contributed by atoms with Gasteiger partial charge in [0.1, 0.15) is 0 Å². The van der Waals surface area contributed by atoms with Crippen molar-refractivity contribution in [3.05, 3.63) is 76.5 Å². The van der Waals surface area contributed by atoms with Crippen LogP contribution in [0.2, 0.25) is 0 Å². The number of hydrogen-bond acceptors (Lipinski definition) is 4. The molecule has 5 heteroatoms. The Labute approximate surface area is 189 Å². The number of amides is 1. The van der Waals surface area contributed by atoms with Gasteiger partial charge in [0.15, 0.2) is 11.5 Å². The van der Waals surface area contributed by atoms with E-state index in [4.69, 9.17) is 4.52 Å². The lowest BCUT2D eigenvalue weighted by Gasteiger charge is -2.28. The highest BCUT2D eigenvalue weighted by atomic mass is 16.5. The SMILES string of the molecule is Cc1ccc(C(CNC(=O)c2cc(-c3ccc4c(c3)CCCC4)on2)N2CCCC2)cc1. The van der Waals surface area contributed by atoms with Gasteiger partial charge in [-0.15, -0.1) is 0 Å². The van der Waals surface area contributed by atoms with Crippen LogP contribution in [0.3, 0.4) is 0 Å². The van der Waals surface area contributed by atoms with Gasteiger partial charge in [-0.3, -0.25) is 9.69 Å². The zero-order chi connectivity index (χ0) is 21.9.